The summed E-state index contributed by atoms with van der Waals surface area (Å²) < 4.78 is 7.25. The number of carbonyl (C=O) groups excluding carboxylic acids is 2. The Morgan fingerprint density at radius 1 is 1.06 bits per heavy atom. The fourth-order valence-corrected chi connectivity index (χ4v) is 3.94. The van der Waals surface area contributed by atoms with Crippen LogP contribution >= 0.6 is 0 Å². The lowest BCUT2D eigenvalue weighted by atomic mass is 10.1. The van der Waals surface area contributed by atoms with Gasteiger partial charge < -0.3 is 9.64 Å². The Labute approximate surface area is 182 Å². The van der Waals surface area contributed by atoms with Crippen LogP contribution in [0.15, 0.2) is 42.6 Å². The van der Waals surface area contributed by atoms with E-state index in [2.05, 4.69) is 5.10 Å². The van der Waals surface area contributed by atoms with Crippen molar-refractivity contribution in [3.8, 4) is 11.3 Å². The zero-order chi connectivity index (χ0) is 21.8. The van der Waals surface area contributed by atoms with E-state index in [9.17, 15) is 9.59 Å². The lowest BCUT2D eigenvalue weighted by Gasteiger charge is -2.20. The molecule has 0 bridgehead atoms. The van der Waals surface area contributed by atoms with Crippen LogP contribution in [0.3, 0.4) is 0 Å². The molecule has 3 heterocycles. The SMILES string of the molecule is CC(C)n1ncc2c(C(=O)OCC(=O)N3CCCCCC3)cc(-c3ccccc3)nc21. The molecule has 0 N–H and O–H groups in total. The molecule has 162 valence electrons. The van der Waals surface area contributed by atoms with Gasteiger partial charge in [0, 0.05) is 24.7 Å². The predicted octanol–water partition coefficient (Wildman–Crippen LogP) is 4.24. The Morgan fingerprint density at radius 3 is 2.45 bits per heavy atom. The van der Waals surface area contributed by atoms with E-state index in [0.717, 1.165) is 44.3 Å². The van der Waals surface area contributed by atoms with Crippen molar-refractivity contribution in [2.45, 2.75) is 45.6 Å². The van der Waals surface area contributed by atoms with Gasteiger partial charge in [-0.3, -0.25) is 4.79 Å². The second-order valence-corrected chi connectivity index (χ2v) is 8.21. The molecule has 1 amide bonds. The summed E-state index contributed by atoms with van der Waals surface area (Å²) in [4.78, 5) is 32.1. The summed E-state index contributed by atoms with van der Waals surface area (Å²) in [6.45, 7) is 5.24. The van der Waals surface area contributed by atoms with Crippen LogP contribution in [0.4, 0.5) is 0 Å². The Balaban J connectivity index is 1.62. The molecule has 1 fully saturated rings. The number of ether oxygens (including phenoxy) is 1. The molecule has 0 radical (unpaired) electrons. The van der Waals surface area contributed by atoms with Crippen LogP contribution in [0.2, 0.25) is 0 Å². The van der Waals surface area contributed by atoms with Gasteiger partial charge in [0.15, 0.2) is 12.3 Å². The average Bonchev–Trinajstić information content (AvgIpc) is 3.03. The lowest BCUT2D eigenvalue weighted by Crippen LogP contribution is -2.35. The second kappa shape index (κ2) is 9.29. The number of nitrogens with zero attached hydrogens (tertiary/aromatic N) is 4. The Morgan fingerprint density at radius 2 is 1.77 bits per heavy atom. The van der Waals surface area contributed by atoms with E-state index in [1.807, 2.05) is 44.2 Å². The van der Waals surface area contributed by atoms with Crippen molar-refractivity contribution in [2.24, 2.45) is 0 Å². The number of amides is 1. The molecule has 1 saturated heterocycles. The summed E-state index contributed by atoms with van der Waals surface area (Å²) in [6, 6.07) is 11.5. The van der Waals surface area contributed by atoms with Crippen molar-refractivity contribution >= 4 is 22.9 Å². The molecule has 1 aliphatic rings. The minimum Gasteiger partial charge on any atom is -0.452 e. The first kappa shape index (κ1) is 21.0. The highest BCUT2D eigenvalue weighted by atomic mass is 16.5. The summed E-state index contributed by atoms with van der Waals surface area (Å²) in [7, 11) is 0. The van der Waals surface area contributed by atoms with Crippen molar-refractivity contribution in [3.63, 3.8) is 0 Å². The van der Waals surface area contributed by atoms with Gasteiger partial charge >= 0.3 is 5.97 Å². The number of aromatic nitrogens is 3. The molecule has 7 heteroatoms. The third-order valence-corrected chi connectivity index (χ3v) is 5.63. The molecule has 0 aliphatic carbocycles. The standard InChI is InChI=1S/C24H28N4O3/c1-17(2)28-23-20(15-25-28)19(14-21(26-23)18-10-6-5-7-11-18)24(30)31-16-22(29)27-12-8-3-4-9-13-27/h5-7,10-11,14-15,17H,3-4,8-9,12-13,16H2,1-2H3. The van der Waals surface area contributed by atoms with Crippen molar-refractivity contribution in [3.05, 3.63) is 48.2 Å². The quantitative estimate of drug-likeness (QED) is 0.577. The topological polar surface area (TPSA) is 77.3 Å². The van der Waals surface area contributed by atoms with E-state index in [1.165, 1.54) is 0 Å². The number of likely N-dealkylation sites (tertiary alicyclic amines) is 1. The highest BCUT2D eigenvalue weighted by molar-refractivity contribution is 6.04. The molecule has 4 rings (SSSR count). The molecule has 0 saturated carbocycles. The number of benzene rings is 1. The second-order valence-electron chi connectivity index (χ2n) is 8.21. The first-order valence-electron chi connectivity index (χ1n) is 10.9. The average molecular weight is 421 g/mol. The third kappa shape index (κ3) is 4.60. The van der Waals surface area contributed by atoms with Crippen LogP contribution in [0.25, 0.3) is 22.3 Å². The number of hydrogen-bond acceptors (Lipinski definition) is 5. The molecule has 1 aromatic carbocycles. The van der Waals surface area contributed by atoms with E-state index < -0.39 is 5.97 Å². The summed E-state index contributed by atoms with van der Waals surface area (Å²) in [5, 5.41) is 5.05. The highest BCUT2D eigenvalue weighted by Gasteiger charge is 2.22. The maximum absolute atomic E-state index is 13.0. The van der Waals surface area contributed by atoms with Gasteiger partial charge in [0.2, 0.25) is 0 Å². The first-order chi connectivity index (χ1) is 15.0. The molecule has 0 atom stereocenters. The van der Waals surface area contributed by atoms with E-state index >= 15 is 0 Å². The Hall–Kier alpha value is -3.22. The lowest BCUT2D eigenvalue weighted by molar-refractivity contribution is -0.134. The molecule has 0 unspecified atom stereocenters. The van der Waals surface area contributed by atoms with Gasteiger partial charge in [0.25, 0.3) is 5.91 Å². The number of rotatable bonds is 5. The molecule has 3 aromatic rings. The van der Waals surface area contributed by atoms with Gasteiger partial charge in [-0.15, -0.1) is 0 Å². The molecule has 0 spiro atoms. The summed E-state index contributed by atoms with van der Waals surface area (Å²) in [5.74, 6) is -0.669. The zero-order valence-electron chi connectivity index (χ0n) is 18.1. The number of esters is 1. The van der Waals surface area contributed by atoms with Crippen molar-refractivity contribution in [1.29, 1.82) is 0 Å². The molecular formula is C24H28N4O3. The van der Waals surface area contributed by atoms with Gasteiger partial charge in [-0.05, 0) is 32.8 Å². The van der Waals surface area contributed by atoms with E-state index in [0.29, 0.717) is 22.3 Å². The highest BCUT2D eigenvalue weighted by Crippen LogP contribution is 2.27. The molecular weight excluding hydrogens is 392 g/mol. The smallest absolute Gasteiger partial charge is 0.339 e. The maximum atomic E-state index is 13.0. The fraction of sp³-hybridized carbons (Fsp3) is 0.417. The summed E-state index contributed by atoms with van der Waals surface area (Å²) in [6.07, 6.45) is 5.92. The van der Waals surface area contributed by atoms with Crippen molar-refractivity contribution < 1.29 is 14.3 Å². The van der Waals surface area contributed by atoms with Crippen LogP contribution in [0.1, 0.15) is 55.9 Å². The van der Waals surface area contributed by atoms with Gasteiger partial charge in [-0.25, -0.2) is 14.5 Å². The predicted molar refractivity (Wildman–Crippen MR) is 119 cm³/mol. The molecule has 2 aromatic heterocycles. The fourth-order valence-electron chi connectivity index (χ4n) is 3.94. The Kier molecular flexibility index (Phi) is 6.30. The third-order valence-electron chi connectivity index (χ3n) is 5.63. The zero-order valence-corrected chi connectivity index (χ0v) is 18.1. The van der Waals surface area contributed by atoms with Crippen LogP contribution in [0, 0.1) is 0 Å². The number of hydrogen-bond donors (Lipinski definition) is 0. The summed E-state index contributed by atoms with van der Waals surface area (Å²) in [5.41, 5.74) is 2.57. The maximum Gasteiger partial charge on any atom is 0.339 e. The molecule has 7 nitrogen and oxygen atoms in total. The molecule has 1 aliphatic heterocycles. The number of fused-ring (bicyclic) bond motifs is 1. The van der Waals surface area contributed by atoms with Gasteiger partial charge in [0.05, 0.1) is 22.8 Å². The van der Waals surface area contributed by atoms with Crippen molar-refractivity contribution in [1.82, 2.24) is 19.7 Å². The van der Waals surface area contributed by atoms with Crippen LogP contribution in [0.5, 0.6) is 0 Å². The minimum atomic E-state index is -0.531. The van der Waals surface area contributed by atoms with E-state index in [-0.39, 0.29) is 18.6 Å². The van der Waals surface area contributed by atoms with Crippen LogP contribution < -0.4 is 0 Å². The van der Waals surface area contributed by atoms with Crippen LogP contribution in [-0.4, -0.2) is 51.2 Å². The Bertz CT molecular complexity index is 1070. The van der Waals surface area contributed by atoms with Crippen molar-refractivity contribution in [2.75, 3.05) is 19.7 Å². The minimum absolute atomic E-state index is 0.0875. The first-order valence-corrected chi connectivity index (χ1v) is 10.9. The number of pyridine rings is 1. The molecule has 31 heavy (non-hydrogen) atoms. The van der Waals surface area contributed by atoms with Gasteiger partial charge in [0.1, 0.15) is 0 Å². The monoisotopic (exact) mass is 420 g/mol. The van der Waals surface area contributed by atoms with Gasteiger partial charge in [-0.2, -0.15) is 5.10 Å². The van der Waals surface area contributed by atoms with Crippen LogP contribution in [-0.2, 0) is 9.53 Å². The van der Waals surface area contributed by atoms with E-state index in [1.54, 1.807) is 21.8 Å². The summed E-state index contributed by atoms with van der Waals surface area (Å²) >= 11 is 0. The number of carbonyl (C=O) groups is 2. The van der Waals surface area contributed by atoms with Gasteiger partial charge in [-0.1, -0.05) is 43.2 Å². The normalized spacial score (nSPS) is 14.6. The van der Waals surface area contributed by atoms with E-state index in [4.69, 9.17) is 9.72 Å². The largest absolute Gasteiger partial charge is 0.452 e.